The van der Waals surface area contributed by atoms with Crippen LogP contribution in [0.3, 0.4) is 0 Å². The zero-order valence-electron chi connectivity index (χ0n) is 21.5. The number of amides is 2. The molecule has 0 radical (unpaired) electrons. The predicted molar refractivity (Wildman–Crippen MR) is 134 cm³/mol. The van der Waals surface area contributed by atoms with Gasteiger partial charge in [-0.2, -0.15) is 0 Å². The van der Waals surface area contributed by atoms with Crippen LogP contribution in [0.15, 0.2) is 41.3 Å². The number of anilines is 2. The van der Waals surface area contributed by atoms with E-state index in [-0.39, 0.29) is 36.0 Å². The maximum atomic E-state index is 14.0. The number of carbonyl (C=O) groups is 2. The van der Waals surface area contributed by atoms with Crippen LogP contribution in [0.2, 0.25) is 0 Å². The number of carbonyl (C=O) groups excluding carboxylic acids is 2. The highest BCUT2D eigenvalue weighted by Gasteiger charge is 2.38. The molecule has 2 amide bonds. The molecule has 0 bridgehead atoms. The van der Waals surface area contributed by atoms with Gasteiger partial charge in [0.05, 0.1) is 17.1 Å². The fourth-order valence-corrected chi connectivity index (χ4v) is 5.52. The molecule has 0 fully saturated rings. The number of halogens is 2. The molecule has 0 aromatic heterocycles. The molecule has 0 saturated heterocycles. The summed E-state index contributed by atoms with van der Waals surface area (Å²) >= 11 is 0. The van der Waals surface area contributed by atoms with E-state index < -0.39 is 49.9 Å². The van der Waals surface area contributed by atoms with Crippen molar-refractivity contribution in [2.75, 3.05) is 16.2 Å². The second-order valence-corrected chi connectivity index (χ2v) is 12.3. The van der Waals surface area contributed by atoms with Crippen molar-refractivity contribution in [3.63, 3.8) is 0 Å². The summed E-state index contributed by atoms with van der Waals surface area (Å²) in [6.07, 6.45) is -1.19. The molecule has 9 nitrogen and oxygen atoms in total. The molecular formula is C25H31F2N3O6S. The Morgan fingerprint density at radius 2 is 1.76 bits per heavy atom. The van der Waals surface area contributed by atoms with Crippen molar-refractivity contribution in [3.8, 4) is 5.75 Å². The molecule has 202 valence electrons. The number of ether oxygens (including phenoxy) is 2. The monoisotopic (exact) mass is 539 g/mol. The predicted octanol–water partition coefficient (Wildman–Crippen LogP) is 4.57. The standard InChI is InChI=1S/C25H31F2N3O6S/c1-15(31)29-25(5,6)13-17-14-30(37(33,34)18-8-9-19(26)20(27)12-18)21-11-16(7-10-22(21)35-17)28-23(32)36-24(2,3)4/h7-12,17H,13-14H2,1-6H3,(H,28,32)(H,29,31)/t17-/m0/s1. The number of hydrogen-bond donors (Lipinski definition) is 2. The van der Waals surface area contributed by atoms with Gasteiger partial charge >= 0.3 is 6.09 Å². The van der Waals surface area contributed by atoms with Gasteiger partial charge in [0.1, 0.15) is 17.5 Å². The first-order valence-corrected chi connectivity index (χ1v) is 13.0. The normalized spacial score (nSPS) is 15.9. The molecule has 0 aliphatic carbocycles. The molecule has 1 atom stereocenters. The second kappa shape index (κ2) is 10.2. The molecule has 1 heterocycles. The van der Waals surface area contributed by atoms with Crippen LogP contribution < -0.4 is 19.7 Å². The quantitative estimate of drug-likeness (QED) is 0.556. The van der Waals surface area contributed by atoms with Crippen LogP contribution in [0.4, 0.5) is 25.0 Å². The van der Waals surface area contributed by atoms with E-state index in [2.05, 4.69) is 10.6 Å². The van der Waals surface area contributed by atoms with Gasteiger partial charge in [-0.1, -0.05) is 0 Å². The van der Waals surface area contributed by atoms with E-state index in [0.29, 0.717) is 6.07 Å². The Morgan fingerprint density at radius 1 is 1.08 bits per heavy atom. The minimum atomic E-state index is -4.38. The van der Waals surface area contributed by atoms with E-state index in [1.165, 1.54) is 25.1 Å². The summed E-state index contributed by atoms with van der Waals surface area (Å²) in [5, 5.41) is 5.35. The summed E-state index contributed by atoms with van der Waals surface area (Å²) in [7, 11) is -4.38. The molecule has 2 N–H and O–H groups in total. The van der Waals surface area contributed by atoms with Gasteiger partial charge in [-0.05, 0) is 71.0 Å². The molecule has 2 aromatic carbocycles. The number of nitrogens with one attached hydrogen (secondary N) is 2. The van der Waals surface area contributed by atoms with Gasteiger partial charge in [0.2, 0.25) is 5.91 Å². The van der Waals surface area contributed by atoms with Crippen molar-refractivity contribution in [1.82, 2.24) is 5.32 Å². The first kappa shape index (κ1) is 28.2. The topological polar surface area (TPSA) is 114 Å². The van der Waals surface area contributed by atoms with Crippen molar-refractivity contribution >= 4 is 33.4 Å². The molecule has 2 aromatic rings. The number of nitrogens with zero attached hydrogens (tertiary/aromatic N) is 1. The van der Waals surface area contributed by atoms with Crippen LogP contribution in [0.1, 0.15) is 48.0 Å². The Bertz CT molecular complexity index is 1310. The van der Waals surface area contributed by atoms with E-state index in [1.807, 2.05) is 0 Å². The van der Waals surface area contributed by atoms with E-state index in [1.54, 1.807) is 34.6 Å². The second-order valence-electron chi connectivity index (χ2n) is 10.4. The minimum absolute atomic E-state index is 0.0897. The van der Waals surface area contributed by atoms with E-state index in [0.717, 1.165) is 16.4 Å². The third-order valence-corrected chi connectivity index (χ3v) is 7.04. The van der Waals surface area contributed by atoms with E-state index in [9.17, 15) is 26.8 Å². The molecule has 0 unspecified atom stereocenters. The number of rotatable bonds is 6. The van der Waals surface area contributed by atoms with Crippen LogP contribution in [-0.2, 0) is 19.6 Å². The maximum Gasteiger partial charge on any atom is 0.412 e. The Labute approximate surface area is 215 Å². The number of hydrogen-bond acceptors (Lipinski definition) is 6. The van der Waals surface area contributed by atoms with Crippen LogP contribution in [0.25, 0.3) is 0 Å². The third-order valence-electron chi connectivity index (χ3n) is 5.27. The Hall–Kier alpha value is -3.41. The van der Waals surface area contributed by atoms with Gasteiger partial charge < -0.3 is 14.8 Å². The zero-order chi connectivity index (χ0) is 27.8. The van der Waals surface area contributed by atoms with Crippen molar-refractivity contribution < 1.29 is 36.3 Å². The fourth-order valence-electron chi connectivity index (χ4n) is 4.01. The van der Waals surface area contributed by atoms with Crippen LogP contribution in [0, 0.1) is 11.6 Å². The molecule has 3 rings (SSSR count). The highest BCUT2D eigenvalue weighted by molar-refractivity contribution is 7.92. The molecule has 37 heavy (non-hydrogen) atoms. The Kier molecular flexibility index (Phi) is 7.73. The maximum absolute atomic E-state index is 14.0. The lowest BCUT2D eigenvalue weighted by Crippen LogP contribution is -2.50. The number of fused-ring (bicyclic) bond motifs is 1. The molecule has 1 aliphatic rings. The SMILES string of the molecule is CC(=O)NC(C)(C)C[C@H]1CN(S(=O)(=O)c2ccc(F)c(F)c2)c2cc(NC(=O)OC(C)(C)C)ccc2O1. The van der Waals surface area contributed by atoms with Gasteiger partial charge in [0.15, 0.2) is 11.6 Å². The lowest BCUT2D eigenvalue weighted by molar-refractivity contribution is -0.120. The van der Waals surface area contributed by atoms with Gasteiger partial charge in [-0.15, -0.1) is 0 Å². The Morgan fingerprint density at radius 3 is 2.35 bits per heavy atom. The van der Waals surface area contributed by atoms with E-state index in [4.69, 9.17) is 9.47 Å². The largest absolute Gasteiger partial charge is 0.486 e. The molecule has 0 spiro atoms. The van der Waals surface area contributed by atoms with Gasteiger partial charge in [-0.3, -0.25) is 14.4 Å². The first-order chi connectivity index (χ1) is 17.0. The molecule has 12 heteroatoms. The smallest absolute Gasteiger partial charge is 0.412 e. The van der Waals surface area contributed by atoms with Crippen LogP contribution in [-0.4, -0.2) is 44.2 Å². The van der Waals surface area contributed by atoms with Crippen molar-refractivity contribution in [2.45, 2.75) is 70.1 Å². The summed E-state index contributed by atoms with van der Waals surface area (Å²) < 4.78 is 67.1. The van der Waals surface area contributed by atoms with Gasteiger partial charge in [0.25, 0.3) is 10.0 Å². The first-order valence-electron chi connectivity index (χ1n) is 11.5. The fraction of sp³-hybridized carbons (Fsp3) is 0.440. The summed E-state index contributed by atoms with van der Waals surface area (Å²) in [5.41, 5.74) is -1.16. The molecule has 1 aliphatic heterocycles. The van der Waals surface area contributed by atoms with Gasteiger partial charge in [-0.25, -0.2) is 22.0 Å². The molecule has 0 saturated carbocycles. The molecular weight excluding hydrogens is 508 g/mol. The van der Waals surface area contributed by atoms with E-state index >= 15 is 0 Å². The summed E-state index contributed by atoms with van der Waals surface area (Å²) in [6.45, 7) is 9.83. The minimum Gasteiger partial charge on any atom is -0.486 e. The highest BCUT2D eigenvalue weighted by Crippen LogP contribution is 2.40. The van der Waals surface area contributed by atoms with Crippen molar-refractivity contribution in [3.05, 3.63) is 48.0 Å². The summed E-state index contributed by atoms with van der Waals surface area (Å²) in [6, 6.07) is 6.73. The highest BCUT2D eigenvalue weighted by atomic mass is 32.2. The average molecular weight is 540 g/mol. The van der Waals surface area contributed by atoms with Crippen LogP contribution >= 0.6 is 0 Å². The lowest BCUT2D eigenvalue weighted by Gasteiger charge is -2.39. The average Bonchev–Trinajstić information content (AvgIpc) is 2.72. The lowest BCUT2D eigenvalue weighted by atomic mass is 9.95. The Balaban J connectivity index is 2.02. The summed E-state index contributed by atoms with van der Waals surface area (Å²) in [4.78, 5) is 23.4. The third kappa shape index (κ3) is 7.09. The van der Waals surface area contributed by atoms with Crippen molar-refractivity contribution in [1.29, 1.82) is 0 Å². The summed E-state index contributed by atoms with van der Waals surface area (Å²) in [5.74, 6) is -2.56. The van der Waals surface area contributed by atoms with Crippen molar-refractivity contribution in [2.24, 2.45) is 0 Å². The number of benzene rings is 2. The zero-order valence-corrected chi connectivity index (χ0v) is 22.3. The van der Waals surface area contributed by atoms with Gasteiger partial charge in [0, 0.05) is 24.6 Å². The van der Waals surface area contributed by atoms with Crippen LogP contribution in [0.5, 0.6) is 5.75 Å². The number of sulfonamides is 1.